The van der Waals surface area contributed by atoms with E-state index in [-0.39, 0.29) is 36.5 Å². The van der Waals surface area contributed by atoms with Crippen molar-refractivity contribution in [1.29, 1.82) is 0 Å². The Bertz CT molecular complexity index is 985. The lowest BCUT2D eigenvalue weighted by Gasteiger charge is -2.32. The van der Waals surface area contributed by atoms with Crippen molar-refractivity contribution >= 4 is 23.6 Å². The summed E-state index contributed by atoms with van der Waals surface area (Å²) in [5.41, 5.74) is 1.65. The number of amides is 4. The van der Waals surface area contributed by atoms with E-state index in [2.05, 4.69) is 10.6 Å². The normalized spacial score (nSPS) is 27.7. The summed E-state index contributed by atoms with van der Waals surface area (Å²) < 4.78 is 0. The summed E-state index contributed by atoms with van der Waals surface area (Å²) >= 11 is 0. The van der Waals surface area contributed by atoms with Crippen LogP contribution in [0.5, 0.6) is 0 Å². The fraction of sp³-hybridized carbons (Fsp3) is 0.429. The van der Waals surface area contributed by atoms with Gasteiger partial charge in [0, 0.05) is 13.1 Å². The highest BCUT2D eigenvalue weighted by atomic mass is 16.2. The molecule has 3 fully saturated rings. The van der Waals surface area contributed by atoms with Crippen LogP contribution >= 0.6 is 0 Å². The summed E-state index contributed by atoms with van der Waals surface area (Å²) in [6.07, 6.45) is 2.73. The van der Waals surface area contributed by atoms with E-state index in [4.69, 9.17) is 0 Å². The number of nitrogens with one attached hydrogen (secondary N) is 2. The van der Waals surface area contributed by atoms with Crippen molar-refractivity contribution in [3.63, 3.8) is 0 Å². The van der Waals surface area contributed by atoms with Crippen LogP contribution in [0.1, 0.15) is 61.7 Å². The van der Waals surface area contributed by atoms with Gasteiger partial charge in [-0.3, -0.25) is 19.2 Å². The maximum absolute atomic E-state index is 13.5. The molecule has 0 bridgehead atoms. The number of hydrogen-bond acceptors (Lipinski definition) is 4. The van der Waals surface area contributed by atoms with E-state index in [0.29, 0.717) is 25.9 Å². The highest BCUT2D eigenvalue weighted by Gasteiger charge is 2.40. The number of benzene rings is 2. The predicted molar refractivity (Wildman–Crippen MR) is 133 cm³/mol. The Morgan fingerprint density at radius 3 is 1.36 bits per heavy atom. The molecule has 2 aromatic carbocycles. The second-order valence-corrected chi connectivity index (χ2v) is 9.84. The van der Waals surface area contributed by atoms with Gasteiger partial charge in [-0.2, -0.15) is 0 Å². The molecular weight excluding hydrogens is 456 g/mol. The smallest absolute Gasteiger partial charge is 0.243 e. The Balaban J connectivity index is 1.49. The van der Waals surface area contributed by atoms with Crippen molar-refractivity contribution in [2.45, 2.75) is 62.7 Å². The molecule has 8 nitrogen and oxygen atoms in total. The summed E-state index contributed by atoms with van der Waals surface area (Å²) in [6, 6.07) is 16.6. The Morgan fingerprint density at radius 1 is 0.583 bits per heavy atom. The minimum atomic E-state index is -0.589. The van der Waals surface area contributed by atoms with E-state index in [0.717, 1.165) is 24.0 Å². The molecule has 3 aliphatic heterocycles. The first-order valence-electron chi connectivity index (χ1n) is 12.8. The van der Waals surface area contributed by atoms with Crippen molar-refractivity contribution < 1.29 is 19.2 Å². The third kappa shape index (κ3) is 4.98. The van der Waals surface area contributed by atoms with E-state index in [1.54, 1.807) is 9.80 Å². The minimum Gasteiger partial charge on any atom is -0.347 e. The van der Waals surface area contributed by atoms with Crippen LogP contribution in [0.25, 0.3) is 0 Å². The van der Waals surface area contributed by atoms with Gasteiger partial charge in [0.1, 0.15) is 12.1 Å². The standard InChI is InChI=1S/C28H32N4O4/c33-25-17-21(19-9-3-1-4-10-19)29-27(35)23-13-7-16-32(23)26(34)18-22(20-11-5-2-6-12-20)30-28(36)24-14-8-15-31(24)25/h1-6,9-12,21-24H,7-8,13-18H2,(H,29,35)(H,30,36)/t21-,22-,23-,24+/m1/s1. The summed E-state index contributed by atoms with van der Waals surface area (Å²) in [7, 11) is 0. The molecule has 0 unspecified atom stereocenters. The average molecular weight is 489 g/mol. The van der Waals surface area contributed by atoms with Gasteiger partial charge in [0.25, 0.3) is 0 Å². The molecule has 4 amide bonds. The summed E-state index contributed by atoms with van der Waals surface area (Å²) in [4.78, 5) is 57.1. The zero-order chi connectivity index (χ0) is 25.1. The van der Waals surface area contributed by atoms with Gasteiger partial charge in [0.05, 0.1) is 24.9 Å². The van der Waals surface area contributed by atoms with Crippen LogP contribution in [0.3, 0.4) is 0 Å². The molecule has 0 saturated carbocycles. The van der Waals surface area contributed by atoms with Gasteiger partial charge < -0.3 is 20.4 Å². The SMILES string of the molecule is O=C1N[C@@H](c2ccccc2)CC(=O)N2CCC[C@H]2C(=O)N[C@@H](c2ccccc2)CC(=O)N2CCC[C@H]12. The molecular formula is C28H32N4O4. The van der Waals surface area contributed by atoms with Crippen molar-refractivity contribution in [3.8, 4) is 0 Å². The fourth-order valence-corrected chi connectivity index (χ4v) is 5.67. The van der Waals surface area contributed by atoms with Gasteiger partial charge in [-0.15, -0.1) is 0 Å². The molecule has 36 heavy (non-hydrogen) atoms. The van der Waals surface area contributed by atoms with E-state index >= 15 is 0 Å². The zero-order valence-electron chi connectivity index (χ0n) is 20.3. The molecule has 2 N–H and O–H groups in total. The van der Waals surface area contributed by atoms with Crippen molar-refractivity contribution in [2.24, 2.45) is 0 Å². The number of hydrogen-bond donors (Lipinski definition) is 2. The molecule has 2 aromatic rings. The molecule has 3 aliphatic rings. The predicted octanol–water partition coefficient (Wildman–Crippen LogP) is 2.48. The topological polar surface area (TPSA) is 98.8 Å². The van der Waals surface area contributed by atoms with E-state index < -0.39 is 24.2 Å². The molecule has 8 heteroatoms. The zero-order valence-corrected chi connectivity index (χ0v) is 20.3. The number of carbonyl (C=O) groups excluding carboxylic acids is 4. The van der Waals surface area contributed by atoms with Crippen LogP contribution in [0, 0.1) is 0 Å². The van der Waals surface area contributed by atoms with Crippen LogP contribution in [-0.2, 0) is 19.2 Å². The van der Waals surface area contributed by atoms with Crippen LogP contribution in [-0.4, -0.2) is 58.6 Å². The van der Waals surface area contributed by atoms with Crippen LogP contribution in [0.15, 0.2) is 60.7 Å². The first-order chi connectivity index (χ1) is 17.5. The highest BCUT2D eigenvalue weighted by Crippen LogP contribution is 2.28. The molecule has 0 aliphatic carbocycles. The third-order valence-electron chi connectivity index (χ3n) is 7.55. The van der Waals surface area contributed by atoms with Gasteiger partial charge >= 0.3 is 0 Å². The number of fused-ring (bicyclic) bond motifs is 2. The molecule has 3 heterocycles. The van der Waals surface area contributed by atoms with Crippen molar-refractivity contribution in [3.05, 3.63) is 71.8 Å². The summed E-state index contributed by atoms with van der Waals surface area (Å²) in [5.74, 6) is -0.792. The molecule has 5 rings (SSSR count). The van der Waals surface area contributed by atoms with Gasteiger partial charge in [-0.1, -0.05) is 60.7 Å². The van der Waals surface area contributed by atoms with Gasteiger partial charge in [0.2, 0.25) is 23.6 Å². The number of rotatable bonds is 2. The molecule has 0 radical (unpaired) electrons. The average Bonchev–Trinajstić information content (AvgIpc) is 3.59. The molecule has 0 aromatic heterocycles. The maximum atomic E-state index is 13.5. The lowest BCUT2D eigenvalue weighted by atomic mass is 10.00. The quantitative estimate of drug-likeness (QED) is 0.679. The lowest BCUT2D eigenvalue weighted by Crippen LogP contribution is -2.51. The monoisotopic (exact) mass is 488 g/mol. The summed E-state index contributed by atoms with van der Waals surface area (Å²) in [5, 5.41) is 6.13. The van der Waals surface area contributed by atoms with Crippen LogP contribution in [0.4, 0.5) is 0 Å². The summed E-state index contributed by atoms with van der Waals surface area (Å²) in [6.45, 7) is 0.995. The lowest BCUT2D eigenvalue weighted by molar-refractivity contribution is -0.142. The van der Waals surface area contributed by atoms with Crippen LogP contribution < -0.4 is 10.6 Å². The number of nitrogens with zero attached hydrogens (tertiary/aromatic N) is 2. The minimum absolute atomic E-state index is 0.0579. The molecule has 3 saturated heterocycles. The van der Waals surface area contributed by atoms with Crippen molar-refractivity contribution in [1.82, 2.24) is 20.4 Å². The molecule has 0 spiro atoms. The largest absolute Gasteiger partial charge is 0.347 e. The van der Waals surface area contributed by atoms with Gasteiger partial charge in [0.15, 0.2) is 0 Å². The van der Waals surface area contributed by atoms with E-state index in [1.807, 2.05) is 60.7 Å². The molecule has 4 atom stereocenters. The first kappa shape index (κ1) is 24.0. The number of carbonyl (C=O) groups is 4. The Morgan fingerprint density at radius 2 is 0.972 bits per heavy atom. The maximum Gasteiger partial charge on any atom is 0.243 e. The van der Waals surface area contributed by atoms with Crippen molar-refractivity contribution in [2.75, 3.05) is 13.1 Å². The van der Waals surface area contributed by atoms with E-state index in [1.165, 1.54) is 0 Å². The second-order valence-electron chi connectivity index (χ2n) is 9.84. The Kier molecular flexibility index (Phi) is 7.02. The molecule has 188 valence electrons. The third-order valence-corrected chi connectivity index (χ3v) is 7.55. The van der Waals surface area contributed by atoms with Gasteiger partial charge in [-0.05, 0) is 36.8 Å². The first-order valence-corrected chi connectivity index (χ1v) is 12.8. The fourth-order valence-electron chi connectivity index (χ4n) is 5.67. The van der Waals surface area contributed by atoms with E-state index in [9.17, 15) is 19.2 Å². The highest BCUT2D eigenvalue weighted by molar-refractivity contribution is 5.92. The second kappa shape index (κ2) is 10.5. The van der Waals surface area contributed by atoms with Gasteiger partial charge in [-0.25, -0.2) is 0 Å². The Labute approximate surface area is 211 Å². The Hall–Kier alpha value is -3.68. The van der Waals surface area contributed by atoms with Crippen LogP contribution in [0.2, 0.25) is 0 Å².